The molecule has 0 radical (unpaired) electrons. The van der Waals surface area contributed by atoms with E-state index in [0.717, 1.165) is 24.6 Å². The first kappa shape index (κ1) is 17.1. The van der Waals surface area contributed by atoms with Gasteiger partial charge in [0, 0.05) is 43.9 Å². The van der Waals surface area contributed by atoms with Gasteiger partial charge in [-0.25, -0.2) is 18.4 Å². The van der Waals surface area contributed by atoms with Crippen LogP contribution >= 0.6 is 0 Å². The van der Waals surface area contributed by atoms with Gasteiger partial charge in [-0.2, -0.15) is 9.40 Å². The van der Waals surface area contributed by atoms with Crippen LogP contribution < -0.4 is 4.90 Å². The fraction of sp³-hybridized carbons (Fsp3) is 0.611. The number of sulfonamides is 1. The topological polar surface area (TPSA) is 95.1 Å². The van der Waals surface area contributed by atoms with Crippen molar-refractivity contribution in [3.63, 3.8) is 0 Å². The highest BCUT2D eigenvalue weighted by Gasteiger charge is 2.45. The molecular weight excluding hydrogens is 364 g/mol. The number of hydrogen-bond donors (Lipinski definition) is 1. The van der Waals surface area contributed by atoms with Gasteiger partial charge in [0.25, 0.3) is 0 Å². The van der Waals surface area contributed by atoms with Crippen molar-refractivity contribution in [3.8, 4) is 0 Å². The molecule has 0 bridgehead atoms. The SMILES string of the molecule is Cc1n[nH]c(C)c1S(=O)(=O)N1CC2CN(c3cc(C4CC4)ncn3)CC2C1. The van der Waals surface area contributed by atoms with Crippen molar-refractivity contribution in [2.24, 2.45) is 11.8 Å². The molecule has 4 heterocycles. The Hall–Kier alpha value is -2.00. The van der Waals surface area contributed by atoms with Crippen LogP contribution in [0, 0.1) is 25.7 Å². The van der Waals surface area contributed by atoms with Gasteiger partial charge in [0.2, 0.25) is 10.0 Å². The lowest BCUT2D eigenvalue weighted by Crippen LogP contribution is -2.34. The molecule has 2 atom stereocenters. The smallest absolute Gasteiger partial charge is 0.246 e. The normalized spacial score (nSPS) is 25.9. The van der Waals surface area contributed by atoms with Gasteiger partial charge in [0.05, 0.1) is 11.4 Å². The lowest BCUT2D eigenvalue weighted by Gasteiger charge is -2.22. The van der Waals surface area contributed by atoms with E-state index < -0.39 is 10.0 Å². The van der Waals surface area contributed by atoms with Crippen LogP contribution in [0.4, 0.5) is 5.82 Å². The van der Waals surface area contributed by atoms with Crippen LogP contribution in [0.25, 0.3) is 0 Å². The van der Waals surface area contributed by atoms with Crippen LogP contribution in [0.5, 0.6) is 0 Å². The molecule has 2 aromatic rings. The van der Waals surface area contributed by atoms with Gasteiger partial charge in [0.15, 0.2) is 0 Å². The summed E-state index contributed by atoms with van der Waals surface area (Å²) in [6, 6.07) is 2.12. The van der Waals surface area contributed by atoms with Crippen molar-refractivity contribution in [3.05, 3.63) is 29.5 Å². The van der Waals surface area contributed by atoms with Gasteiger partial charge in [-0.05, 0) is 38.5 Å². The Morgan fingerprint density at radius 2 is 1.78 bits per heavy atom. The molecule has 2 aromatic heterocycles. The average Bonchev–Trinajstić information content (AvgIpc) is 3.15. The fourth-order valence-electron chi connectivity index (χ4n) is 4.52. The lowest BCUT2D eigenvalue weighted by atomic mass is 10.0. The predicted octanol–water partition coefficient (Wildman–Crippen LogP) is 1.45. The van der Waals surface area contributed by atoms with E-state index in [4.69, 9.17) is 0 Å². The molecular formula is C18H24N6O2S. The first-order valence-electron chi connectivity index (χ1n) is 9.52. The Morgan fingerprint density at radius 1 is 1.07 bits per heavy atom. The predicted molar refractivity (Wildman–Crippen MR) is 100 cm³/mol. The van der Waals surface area contributed by atoms with Crippen LogP contribution in [0.2, 0.25) is 0 Å². The van der Waals surface area contributed by atoms with Gasteiger partial charge in [-0.3, -0.25) is 5.10 Å². The Balaban J connectivity index is 1.32. The minimum Gasteiger partial charge on any atom is -0.356 e. The summed E-state index contributed by atoms with van der Waals surface area (Å²) in [7, 11) is -3.50. The maximum Gasteiger partial charge on any atom is 0.246 e. The largest absolute Gasteiger partial charge is 0.356 e. The average molecular weight is 388 g/mol. The summed E-state index contributed by atoms with van der Waals surface area (Å²) in [4.78, 5) is 11.5. The van der Waals surface area contributed by atoms with Crippen LogP contribution in [0.1, 0.15) is 35.8 Å². The van der Waals surface area contributed by atoms with Crippen LogP contribution in [0.15, 0.2) is 17.3 Å². The van der Waals surface area contributed by atoms with Crippen LogP contribution in [0.3, 0.4) is 0 Å². The minimum absolute atomic E-state index is 0.337. The molecule has 1 aliphatic carbocycles. The van der Waals surface area contributed by atoms with Crippen LogP contribution in [-0.2, 0) is 10.0 Å². The molecule has 1 N–H and O–H groups in total. The zero-order valence-corrected chi connectivity index (χ0v) is 16.4. The number of hydrogen-bond acceptors (Lipinski definition) is 6. The summed E-state index contributed by atoms with van der Waals surface area (Å²) in [5.74, 6) is 2.27. The van der Waals surface area contributed by atoms with Gasteiger partial charge in [0.1, 0.15) is 17.0 Å². The van der Waals surface area contributed by atoms with E-state index in [2.05, 4.69) is 31.1 Å². The van der Waals surface area contributed by atoms with Crippen molar-refractivity contribution in [1.82, 2.24) is 24.5 Å². The quantitative estimate of drug-likeness (QED) is 0.852. The highest BCUT2D eigenvalue weighted by Crippen LogP contribution is 2.41. The number of aromatic amines is 1. The van der Waals surface area contributed by atoms with Crippen LogP contribution in [-0.4, -0.2) is 59.1 Å². The van der Waals surface area contributed by atoms with E-state index in [0.29, 0.717) is 47.1 Å². The minimum atomic E-state index is -3.50. The number of aromatic nitrogens is 4. The third-order valence-corrected chi connectivity index (χ3v) is 8.20. The van der Waals surface area contributed by atoms with Crippen molar-refractivity contribution in [1.29, 1.82) is 0 Å². The Labute approximate surface area is 159 Å². The molecule has 2 aliphatic heterocycles. The summed E-state index contributed by atoms with van der Waals surface area (Å²) >= 11 is 0. The second-order valence-corrected chi connectivity index (χ2v) is 9.96. The zero-order chi connectivity index (χ0) is 18.8. The van der Waals surface area contributed by atoms with Crippen molar-refractivity contribution >= 4 is 15.8 Å². The van der Waals surface area contributed by atoms with E-state index in [1.54, 1.807) is 24.5 Å². The maximum atomic E-state index is 13.1. The summed E-state index contributed by atoms with van der Waals surface area (Å²) in [5, 5.41) is 6.84. The molecule has 3 fully saturated rings. The molecule has 144 valence electrons. The molecule has 0 aromatic carbocycles. The highest BCUT2D eigenvalue weighted by atomic mass is 32.2. The second kappa shape index (κ2) is 6.00. The first-order valence-corrected chi connectivity index (χ1v) is 11.0. The third-order valence-electron chi connectivity index (χ3n) is 6.10. The lowest BCUT2D eigenvalue weighted by molar-refractivity contribution is 0.452. The van der Waals surface area contributed by atoms with Crippen molar-refractivity contribution in [2.45, 2.75) is 37.5 Å². The molecule has 9 heteroatoms. The molecule has 0 amide bonds. The van der Waals surface area contributed by atoms with E-state index in [-0.39, 0.29) is 0 Å². The van der Waals surface area contributed by atoms with E-state index in [9.17, 15) is 8.42 Å². The molecule has 1 saturated carbocycles. The van der Waals surface area contributed by atoms with E-state index in [1.165, 1.54) is 12.8 Å². The molecule has 2 saturated heterocycles. The number of aryl methyl sites for hydroxylation is 2. The standard InChI is InChI=1S/C18H24N6O2S/c1-11-18(12(2)22-21-11)27(25,26)24-8-14-6-23(7-15(14)9-24)17-5-16(13-3-4-13)19-10-20-17/h5,10,13-15H,3-4,6-9H2,1-2H3,(H,21,22). The highest BCUT2D eigenvalue weighted by molar-refractivity contribution is 7.89. The Bertz CT molecular complexity index is 950. The second-order valence-electron chi connectivity index (χ2n) is 8.09. The van der Waals surface area contributed by atoms with Gasteiger partial charge in [-0.15, -0.1) is 0 Å². The Kier molecular flexibility index (Phi) is 3.80. The van der Waals surface area contributed by atoms with Crippen molar-refractivity contribution in [2.75, 3.05) is 31.1 Å². The molecule has 8 nitrogen and oxygen atoms in total. The van der Waals surface area contributed by atoms with E-state index >= 15 is 0 Å². The summed E-state index contributed by atoms with van der Waals surface area (Å²) in [6.45, 7) is 6.32. The molecule has 0 spiro atoms. The number of anilines is 1. The molecule has 3 aliphatic rings. The number of nitrogens with one attached hydrogen (secondary N) is 1. The number of nitrogens with zero attached hydrogens (tertiary/aromatic N) is 5. The van der Waals surface area contributed by atoms with Gasteiger partial charge >= 0.3 is 0 Å². The van der Waals surface area contributed by atoms with E-state index in [1.807, 2.05) is 0 Å². The molecule has 2 unspecified atom stereocenters. The summed E-state index contributed by atoms with van der Waals surface area (Å²) in [6.07, 6.45) is 4.11. The number of rotatable bonds is 4. The summed E-state index contributed by atoms with van der Waals surface area (Å²) in [5.41, 5.74) is 2.30. The van der Waals surface area contributed by atoms with Gasteiger partial charge < -0.3 is 4.90 Å². The number of H-pyrrole nitrogens is 1. The maximum absolute atomic E-state index is 13.1. The molecule has 27 heavy (non-hydrogen) atoms. The number of fused-ring (bicyclic) bond motifs is 1. The Morgan fingerprint density at radius 3 is 2.37 bits per heavy atom. The van der Waals surface area contributed by atoms with Gasteiger partial charge in [-0.1, -0.05) is 0 Å². The zero-order valence-electron chi connectivity index (χ0n) is 15.6. The fourth-order valence-corrected chi connectivity index (χ4v) is 6.41. The monoisotopic (exact) mass is 388 g/mol. The summed E-state index contributed by atoms with van der Waals surface area (Å²) < 4.78 is 27.8. The first-order chi connectivity index (χ1) is 12.9. The molecule has 5 rings (SSSR count). The third kappa shape index (κ3) is 2.84. The van der Waals surface area contributed by atoms with Crippen molar-refractivity contribution < 1.29 is 8.42 Å².